The van der Waals surface area contributed by atoms with E-state index in [4.69, 9.17) is 5.11 Å². The maximum absolute atomic E-state index is 9.17. The van der Waals surface area contributed by atoms with Crippen LogP contribution in [0.1, 0.15) is 24.1 Å². The van der Waals surface area contributed by atoms with Crippen LogP contribution in [0.4, 0.5) is 0 Å². The average Bonchev–Trinajstić information content (AvgIpc) is 2.53. The molecule has 0 heterocycles. The van der Waals surface area contributed by atoms with Crippen molar-refractivity contribution in [2.24, 2.45) is 5.92 Å². The summed E-state index contributed by atoms with van der Waals surface area (Å²) in [7, 11) is 0. The summed E-state index contributed by atoms with van der Waals surface area (Å²) in [6, 6.07) is 21.3. The number of nitrogens with one attached hydrogen (secondary N) is 1. The molecule has 0 aliphatic carbocycles. The smallest absolute Gasteiger partial charge is 0.0468 e. The van der Waals surface area contributed by atoms with E-state index in [1.807, 2.05) is 12.1 Å². The summed E-state index contributed by atoms with van der Waals surface area (Å²) in [5.74, 6) is 0.275. The molecule has 0 spiro atoms. The molecule has 0 aliphatic heterocycles. The Labute approximate surface area is 121 Å². The lowest BCUT2D eigenvalue weighted by molar-refractivity contribution is 0.230. The SMILES string of the molecule is CC(CO)CNC(Cc1ccccc1)c1ccccc1. The van der Waals surface area contributed by atoms with Crippen LogP contribution in [0.25, 0.3) is 0 Å². The van der Waals surface area contributed by atoms with Crippen LogP contribution >= 0.6 is 0 Å². The molecule has 0 saturated carbocycles. The van der Waals surface area contributed by atoms with Gasteiger partial charge in [-0.1, -0.05) is 67.6 Å². The van der Waals surface area contributed by atoms with Gasteiger partial charge in [-0.25, -0.2) is 0 Å². The summed E-state index contributed by atoms with van der Waals surface area (Å²) in [6.45, 7) is 3.10. The molecule has 0 fully saturated rings. The Balaban J connectivity index is 2.08. The number of aliphatic hydroxyl groups is 1. The fourth-order valence-electron chi connectivity index (χ4n) is 2.25. The van der Waals surface area contributed by atoms with E-state index in [9.17, 15) is 0 Å². The summed E-state index contributed by atoms with van der Waals surface area (Å²) in [4.78, 5) is 0. The van der Waals surface area contributed by atoms with Gasteiger partial charge in [0.05, 0.1) is 0 Å². The van der Waals surface area contributed by atoms with Gasteiger partial charge in [0.2, 0.25) is 0 Å². The summed E-state index contributed by atoms with van der Waals surface area (Å²) < 4.78 is 0. The van der Waals surface area contributed by atoms with Crippen molar-refractivity contribution in [3.63, 3.8) is 0 Å². The maximum Gasteiger partial charge on any atom is 0.0468 e. The second-order valence-electron chi connectivity index (χ2n) is 5.35. The van der Waals surface area contributed by atoms with Crippen molar-refractivity contribution in [2.45, 2.75) is 19.4 Å². The summed E-state index contributed by atoms with van der Waals surface area (Å²) in [6.07, 6.45) is 0.961. The second kappa shape index (κ2) is 7.83. The molecule has 2 rings (SSSR count). The van der Waals surface area contributed by atoms with Gasteiger partial charge in [0, 0.05) is 19.2 Å². The third kappa shape index (κ3) is 4.48. The standard InChI is InChI=1S/C18H23NO/c1-15(14-20)13-19-18(17-10-6-3-7-11-17)12-16-8-4-2-5-9-16/h2-11,15,18-20H,12-14H2,1H3. The van der Waals surface area contributed by atoms with Gasteiger partial charge in [0.1, 0.15) is 0 Å². The molecular weight excluding hydrogens is 246 g/mol. The maximum atomic E-state index is 9.17. The van der Waals surface area contributed by atoms with E-state index in [0.717, 1.165) is 13.0 Å². The van der Waals surface area contributed by atoms with Crippen LogP contribution in [-0.4, -0.2) is 18.3 Å². The summed E-state index contributed by atoms with van der Waals surface area (Å²) >= 11 is 0. The van der Waals surface area contributed by atoms with E-state index in [1.165, 1.54) is 11.1 Å². The molecule has 2 aromatic carbocycles. The van der Waals surface area contributed by atoms with E-state index < -0.39 is 0 Å². The molecule has 0 radical (unpaired) electrons. The summed E-state index contributed by atoms with van der Waals surface area (Å²) in [5.41, 5.74) is 2.62. The highest BCUT2D eigenvalue weighted by atomic mass is 16.3. The number of aliphatic hydroxyl groups excluding tert-OH is 1. The van der Waals surface area contributed by atoms with Crippen LogP contribution in [0.15, 0.2) is 60.7 Å². The van der Waals surface area contributed by atoms with Crippen LogP contribution in [0.5, 0.6) is 0 Å². The monoisotopic (exact) mass is 269 g/mol. The number of hydrogen-bond acceptors (Lipinski definition) is 2. The Morgan fingerprint density at radius 2 is 1.55 bits per heavy atom. The first-order chi connectivity index (χ1) is 9.79. The fourth-order valence-corrected chi connectivity index (χ4v) is 2.25. The van der Waals surface area contributed by atoms with Crippen molar-refractivity contribution in [1.29, 1.82) is 0 Å². The van der Waals surface area contributed by atoms with Crippen LogP contribution in [0.2, 0.25) is 0 Å². The molecule has 106 valence electrons. The molecule has 0 bridgehead atoms. The van der Waals surface area contributed by atoms with E-state index in [-0.39, 0.29) is 18.6 Å². The molecule has 20 heavy (non-hydrogen) atoms. The van der Waals surface area contributed by atoms with Gasteiger partial charge in [-0.2, -0.15) is 0 Å². The van der Waals surface area contributed by atoms with E-state index in [2.05, 4.69) is 60.8 Å². The molecule has 2 N–H and O–H groups in total. The van der Waals surface area contributed by atoms with E-state index >= 15 is 0 Å². The Kier molecular flexibility index (Phi) is 5.78. The van der Waals surface area contributed by atoms with Crippen molar-refractivity contribution < 1.29 is 5.11 Å². The van der Waals surface area contributed by atoms with Gasteiger partial charge in [0.25, 0.3) is 0 Å². The molecule has 0 aromatic heterocycles. The largest absolute Gasteiger partial charge is 0.396 e. The highest BCUT2D eigenvalue weighted by Gasteiger charge is 2.12. The minimum absolute atomic E-state index is 0.222. The lowest BCUT2D eigenvalue weighted by atomic mass is 9.98. The minimum atomic E-state index is 0.222. The molecule has 2 aromatic rings. The Morgan fingerprint density at radius 1 is 0.950 bits per heavy atom. The number of hydrogen-bond donors (Lipinski definition) is 2. The lowest BCUT2D eigenvalue weighted by Crippen LogP contribution is -2.29. The van der Waals surface area contributed by atoms with Crippen LogP contribution in [0.3, 0.4) is 0 Å². The third-order valence-corrected chi connectivity index (χ3v) is 3.51. The molecule has 2 nitrogen and oxygen atoms in total. The first-order valence-corrected chi connectivity index (χ1v) is 7.22. The predicted octanol–water partition coefficient (Wildman–Crippen LogP) is 3.19. The van der Waals surface area contributed by atoms with Crippen LogP contribution < -0.4 is 5.32 Å². The highest BCUT2D eigenvalue weighted by Crippen LogP contribution is 2.18. The predicted molar refractivity (Wildman–Crippen MR) is 83.6 cm³/mol. The first-order valence-electron chi connectivity index (χ1n) is 7.22. The molecule has 2 unspecified atom stereocenters. The normalized spacial score (nSPS) is 13.9. The van der Waals surface area contributed by atoms with Crippen molar-refractivity contribution in [3.05, 3.63) is 71.8 Å². The van der Waals surface area contributed by atoms with Crippen LogP contribution in [0, 0.1) is 5.92 Å². The molecule has 0 aliphatic rings. The van der Waals surface area contributed by atoms with Crippen LogP contribution in [-0.2, 0) is 6.42 Å². The Bertz CT molecular complexity index is 483. The average molecular weight is 269 g/mol. The van der Waals surface area contributed by atoms with Crippen molar-refractivity contribution >= 4 is 0 Å². The minimum Gasteiger partial charge on any atom is -0.396 e. The lowest BCUT2D eigenvalue weighted by Gasteiger charge is -2.21. The highest BCUT2D eigenvalue weighted by molar-refractivity contribution is 5.23. The second-order valence-corrected chi connectivity index (χ2v) is 5.35. The van der Waals surface area contributed by atoms with E-state index in [0.29, 0.717) is 0 Å². The molecule has 0 saturated heterocycles. The zero-order valence-corrected chi connectivity index (χ0v) is 12.0. The third-order valence-electron chi connectivity index (χ3n) is 3.51. The van der Waals surface area contributed by atoms with Gasteiger partial charge < -0.3 is 10.4 Å². The molecule has 2 heteroatoms. The van der Waals surface area contributed by atoms with Crippen molar-refractivity contribution in [2.75, 3.05) is 13.2 Å². The van der Waals surface area contributed by atoms with Gasteiger partial charge in [0.15, 0.2) is 0 Å². The fraction of sp³-hybridized carbons (Fsp3) is 0.333. The molecular formula is C18H23NO. The number of rotatable bonds is 7. The Hall–Kier alpha value is -1.64. The molecule has 0 amide bonds. The van der Waals surface area contributed by atoms with Gasteiger partial charge in [-0.15, -0.1) is 0 Å². The van der Waals surface area contributed by atoms with Gasteiger partial charge in [-0.3, -0.25) is 0 Å². The van der Waals surface area contributed by atoms with Crippen molar-refractivity contribution in [1.82, 2.24) is 5.32 Å². The van der Waals surface area contributed by atoms with Gasteiger partial charge >= 0.3 is 0 Å². The topological polar surface area (TPSA) is 32.3 Å². The Morgan fingerprint density at radius 3 is 2.15 bits per heavy atom. The first kappa shape index (κ1) is 14.8. The number of benzene rings is 2. The zero-order valence-electron chi connectivity index (χ0n) is 12.0. The summed E-state index contributed by atoms with van der Waals surface area (Å²) in [5, 5.41) is 12.7. The molecule has 2 atom stereocenters. The van der Waals surface area contributed by atoms with Gasteiger partial charge in [-0.05, 0) is 23.5 Å². The quantitative estimate of drug-likeness (QED) is 0.809. The van der Waals surface area contributed by atoms with E-state index in [1.54, 1.807) is 0 Å². The van der Waals surface area contributed by atoms with Crippen molar-refractivity contribution in [3.8, 4) is 0 Å². The zero-order chi connectivity index (χ0) is 14.2.